The number of halogens is 1. The number of nitriles is 1. The van der Waals surface area contributed by atoms with Crippen LogP contribution in [0.25, 0.3) is 6.08 Å². The van der Waals surface area contributed by atoms with Gasteiger partial charge in [-0.15, -0.1) is 0 Å². The Morgan fingerprint density at radius 1 is 1.24 bits per heavy atom. The highest BCUT2D eigenvalue weighted by Gasteiger charge is 2.13. The van der Waals surface area contributed by atoms with Crippen molar-refractivity contribution >= 4 is 17.7 Å². The first-order valence-corrected chi connectivity index (χ1v) is 7.99. The number of anilines is 1. The Hall–Kier alpha value is -3.13. The van der Waals surface area contributed by atoms with E-state index in [-0.39, 0.29) is 18.9 Å². The Balaban J connectivity index is 2.19. The summed E-state index contributed by atoms with van der Waals surface area (Å²) in [6, 6.07) is 15.3. The summed E-state index contributed by atoms with van der Waals surface area (Å²) in [5.41, 5.74) is 0.990. The van der Waals surface area contributed by atoms with Gasteiger partial charge in [0.1, 0.15) is 11.6 Å². The highest BCUT2D eigenvalue weighted by atomic mass is 19.1. The molecule has 0 fully saturated rings. The summed E-state index contributed by atoms with van der Waals surface area (Å²) in [5.74, 6) is -0.000291. The third-order valence-electron chi connectivity index (χ3n) is 3.48. The molecular formula is C20H19FN2O2. The van der Waals surface area contributed by atoms with Crippen molar-refractivity contribution in [2.24, 2.45) is 0 Å². The van der Waals surface area contributed by atoms with E-state index in [2.05, 4.69) is 0 Å². The molecule has 5 heteroatoms. The number of amides is 1. The fraction of sp³-hybridized carbons (Fsp3) is 0.200. The third-order valence-corrected chi connectivity index (χ3v) is 3.48. The Kier molecular flexibility index (Phi) is 6.73. The fourth-order valence-electron chi connectivity index (χ4n) is 2.28. The molecule has 2 aromatic carbocycles. The molecule has 0 atom stereocenters. The smallest absolute Gasteiger partial charge is 0.251 e. The number of hydrogen-bond donors (Lipinski definition) is 0. The average Bonchev–Trinajstić information content (AvgIpc) is 2.63. The number of hydrogen-bond acceptors (Lipinski definition) is 3. The molecule has 1 amide bonds. The summed E-state index contributed by atoms with van der Waals surface area (Å²) in [5, 5.41) is 8.83. The molecule has 0 aromatic heterocycles. The molecule has 0 aliphatic rings. The number of ether oxygens (including phenoxy) is 1. The van der Waals surface area contributed by atoms with Gasteiger partial charge in [-0.1, -0.05) is 18.2 Å². The molecular weight excluding hydrogens is 319 g/mol. The Morgan fingerprint density at radius 3 is 2.60 bits per heavy atom. The normalized spacial score (nSPS) is 10.4. The lowest BCUT2D eigenvalue weighted by Gasteiger charge is -2.20. The van der Waals surface area contributed by atoms with Crippen LogP contribution in [-0.4, -0.2) is 19.1 Å². The molecule has 0 saturated heterocycles. The number of carbonyl (C=O) groups is 1. The van der Waals surface area contributed by atoms with Crippen LogP contribution in [0.5, 0.6) is 5.75 Å². The predicted molar refractivity (Wildman–Crippen MR) is 95.6 cm³/mol. The summed E-state index contributed by atoms with van der Waals surface area (Å²) in [7, 11) is 0. The molecule has 2 rings (SSSR count). The van der Waals surface area contributed by atoms with Gasteiger partial charge in [0.15, 0.2) is 0 Å². The topological polar surface area (TPSA) is 53.3 Å². The minimum absolute atomic E-state index is 0.201. The second-order valence-corrected chi connectivity index (χ2v) is 5.18. The summed E-state index contributed by atoms with van der Waals surface area (Å²) in [6.45, 7) is 2.71. The lowest BCUT2D eigenvalue weighted by Crippen LogP contribution is -2.30. The standard InChI is InChI=1S/C20H19FN2O2/c1-2-25-18-11-9-17(10-12-18)23(15-5-14-22)20(24)13-8-16-6-3-4-7-19(16)21/h3-4,6-13H,2,5,15H2,1H3/b13-8+. The Labute approximate surface area is 146 Å². The van der Waals surface area contributed by atoms with Crippen molar-refractivity contribution in [3.8, 4) is 11.8 Å². The van der Waals surface area contributed by atoms with E-state index >= 15 is 0 Å². The maximum Gasteiger partial charge on any atom is 0.251 e. The van der Waals surface area contributed by atoms with Crippen molar-refractivity contribution in [3.05, 3.63) is 66.0 Å². The van der Waals surface area contributed by atoms with E-state index in [1.165, 1.54) is 23.1 Å². The van der Waals surface area contributed by atoms with Gasteiger partial charge < -0.3 is 9.64 Å². The molecule has 0 heterocycles. The van der Waals surface area contributed by atoms with E-state index in [0.717, 1.165) is 0 Å². The van der Waals surface area contributed by atoms with Gasteiger partial charge in [-0.25, -0.2) is 4.39 Å². The van der Waals surface area contributed by atoms with Crippen molar-refractivity contribution in [1.82, 2.24) is 0 Å². The first kappa shape index (κ1) is 18.2. The maximum absolute atomic E-state index is 13.7. The molecule has 2 aromatic rings. The van der Waals surface area contributed by atoms with Gasteiger partial charge in [0.2, 0.25) is 0 Å². The van der Waals surface area contributed by atoms with Crippen LogP contribution in [-0.2, 0) is 4.79 Å². The van der Waals surface area contributed by atoms with Crippen LogP contribution in [0.3, 0.4) is 0 Å². The number of benzene rings is 2. The van der Waals surface area contributed by atoms with Crippen LogP contribution in [0.4, 0.5) is 10.1 Å². The second kappa shape index (κ2) is 9.24. The zero-order valence-corrected chi connectivity index (χ0v) is 14.0. The number of rotatable bonds is 7. The first-order valence-electron chi connectivity index (χ1n) is 7.99. The fourth-order valence-corrected chi connectivity index (χ4v) is 2.28. The van der Waals surface area contributed by atoms with Crippen molar-refractivity contribution in [1.29, 1.82) is 5.26 Å². The summed E-state index contributed by atoms with van der Waals surface area (Å²) >= 11 is 0. The highest BCUT2D eigenvalue weighted by Crippen LogP contribution is 2.20. The van der Waals surface area contributed by atoms with Crippen LogP contribution in [0, 0.1) is 17.1 Å². The monoisotopic (exact) mass is 338 g/mol. The highest BCUT2D eigenvalue weighted by molar-refractivity contribution is 6.03. The minimum atomic E-state index is -0.392. The van der Waals surface area contributed by atoms with Crippen LogP contribution < -0.4 is 9.64 Å². The van der Waals surface area contributed by atoms with Crippen molar-refractivity contribution < 1.29 is 13.9 Å². The van der Waals surface area contributed by atoms with Gasteiger partial charge in [0.05, 0.1) is 19.1 Å². The maximum atomic E-state index is 13.7. The number of nitrogens with zero attached hydrogens (tertiary/aromatic N) is 2. The van der Waals surface area contributed by atoms with Crippen LogP contribution in [0.15, 0.2) is 54.6 Å². The molecule has 25 heavy (non-hydrogen) atoms. The van der Waals surface area contributed by atoms with Crippen LogP contribution in [0.1, 0.15) is 18.9 Å². The van der Waals surface area contributed by atoms with Gasteiger partial charge in [-0.3, -0.25) is 4.79 Å². The molecule has 0 aliphatic heterocycles. The minimum Gasteiger partial charge on any atom is -0.494 e. The van der Waals surface area contributed by atoms with Gasteiger partial charge >= 0.3 is 0 Å². The molecule has 0 N–H and O–H groups in total. The van der Waals surface area contributed by atoms with E-state index in [1.54, 1.807) is 42.5 Å². The van der Waals surface area contributed by atoms with Crippen LogP contribution in [0.2, 0.25) is 0 Å². The SMILES string of the molecule is CCOc1ccc(N(CCC#N)C(=O)/C=C/c2ccccc2F)cc1. The molecule has 0 radical (unpaired) electrons. The van der Waals surface area contributed by atoms with Crippen molar-refractivity contribution in [2.75, 3.05) is 18.1 Å². The largest absolute Gasteiger partial charge is 0.494 e. The zero-order valence-electron chi connectivity index (χ0n) is 14.0. The second-order valence-electron chi connectivity index (χ2n) is 5.18. The van der Waals surface area contributed by atoms with Gasteiger partial charge in [-0.2, -0.15) is 5.26 Å². The van der Waals surface area contributed by atoms with E-state index in [1.807, 2.05) is 13.0 Å². The van der Waals surface area contributed by atoms with E-state index < -0.39 is 5.82 Å². The molecule has 0 aliphatic carbocycles. The molecule has 128 valence electrons. The summed E-state index contributed by atoms with van der Waals surface area (Å²) in [6.07, 6.45) is 2.95. The summed E-state index contributed by atoms with van der Waals surface area (Å²) < 4.78 is 19.0. The van der Waals surface area contributed by atoms with E-state index in [0.29, 0.717) is 23.6 Å². The average molecular weight is 338 g/mol. The molecule has 4 nitrogen and oxygen atoms in total. The Morgan fingerprint density at radius 2 is 1.96 bits per heavy atom. The first-order chi connectivity index (χ1) is 12.2. The van der Waals surface area contributed by atoms with Crippen LogP contribution >= 0.6 is 0 Å². The quantitative estimate of drug-likeness (QED) is 0.712. The third kappa shape index (κ3) is 5.18. The van der Waals surface area contributed by atoms with Gasteiger partial charge in [0, 0.05) is 23.9 Å². The van der Waals surface area contributed by atoms with Gasteiger partial charge in [-0.05, 0) is 43.3 Å². The lowest BCUT2D eigenvalue weighted by atomic mass is 10.2. The van der Waals surface area contributed by atoms with E-state index in [4.69, 9.17) is 10.00 Å². The lowest BCUT2D eigenvalue weighted by molar-refractivity contribution is -0.114. The number of carbonyl (C=O) groups excluding carboxylic acids is 1. The molecule has 0 spiro atoms. The summed E-state index contributed by atoms with van der Waals surface area (Å²) in [4.78, 5) is 14.0. The van der Waals surface area contributed by atoms with E-state index in [9.17, 15) is 9.18 Å². The zero-order chi connectivity index (χ0) is 18.1. The van der Waals surface area contributed by atoms with Gasteiger partial charge in [0.25, 0.3) is 5.91 Å². The van der Waals surface area contributed by atoms with Crippen molar-refractivity contribution in [3.63, 3.8) is 0 Å². The molecule has 0 bridgehead atoms. The Bertz CT molecular complexity index is 779. The molecule has 0 saturated carbocycles. The van der Waals surface area contributed by atoms with Crippen molar-refractivity contribution in [2.45, 2.75) is 13.3 Å². The molecule has 0 unspecified atom stereocenters. The predicted octanol–water partition coefficient (Wildman–Crippen LogP) is 4.18.